The van der Waals surface area contributed by atoms with Crippen LogP contribution in [0.3, 0.4) is 0 Å². The lowest BCUT2D eigenvalue weighted by molar-refractivity contribution is 0.0901. The molecular weight excluding hydrogens is 208 g/mol. The van der Waals surface area contributed by atoms with Crippen molar-refractivity contribution in [3.63, 3.8) is 0 Å². The predicted molar refractivity (Wildman–Crippen MR) is 59.7 cm³/mol. The van der Waals surface area contributed by atoms with Gasteiger partial charge in [-0.1, -0.05) is 0 Å². The molecule has 1 rings (SSSR count). The number of aliphatic hydroxyl groups excluding tert-OH is 2. The van der Waals surface area contributed by atoms with Gasteiger partial charge in [0.25, 0.3) is 0 Å². The SMILES string of the molecule is CC(O)CC(=O)c1ccc(OCCO)cc1. The van der Waals surface area contributed by atoms with Gasteiger partial charge in [-0.15, -0.1) is 0 Å². The van der Waals surface area contributed by atoms with E-state index >= 15 is 0 Å². The molecule has 1 unspecified atom stereocenters. The Balaban J connectivity index is 2.60. The van der Waals surface area contributed by atoms with Crippen molar-refractivity contribution in [1.29, 1.82) is 0 Å². The predicted octanol–water partition coefficient (Wildman–Crippen LogP) is 1.01. The summed E-state index contributed by atoms with van der Waals surface area (Å²) in [4.78, 5) is 11.5. The summed E-state index contributed by atoms with van der Waals surface area (Å²) in [6, 6.07) is 6.64. The smallest absolute Gasteiger partial charge is 0.165 e. The van der Waals surface area contributed by atoms with E-state index in [0.717, 1.165) is 0 Å². The van der Waals surface area contributed by atoms with Crippen LogP contribution >= 0.6 is 0 Å². The molecule has 16 heavy (non-hydrogen) atoms. The van der Waals surface area contributed by atoms with Crippen molar-refractivity contribution < 1.29 is 19.7 Å². The number of hydrogen-bond acceptors (Lipinski definition) is 4. The van der Waals surface area contributed by atoms with Gasteiger partial charge in [-0.3, -0.25) is 4.79 Å². The third-order valence-corrected chi connectivity index (χ3v) is 2.02. The van der Waals surface area contributed by atoms with E-state index in [1.807, 2.05) is 0 Å². The minimum atomic E-state index is -0.627. The monoisotopic (exact) mass is 224 g/mol. The van der Waals surface area contributed by atoms with Crippen molar-refractivity contribution in [2.75, 3.05) is 13.2 Å². The van der Waals surface area contributed by atoms with Gasteiger partial charge in [0.2, 0.25) is 0 Å². The molecule has 1 atom stereocenters. The molecule has 1 aromatic carbocycles. The van der Waals surface area contributed by atoms with E-state index in [-0.39, 0.29) is 25.4 Å². The lowest BCUT2D eigenvalue weighted by atomic mass is 10.1. The van der Waals surface area contributed by atoms with E-state index in [1.54, 1.807) is 31.2 Å². The molecule has 0 saturated heterocycles. The maximum atomic E-state index is 11.5. The summed E-state index contributed by atoms with van der Waals surface area (Å²) in [5.74, 6) is 0.520. The van der Waals surface area contributed by atoms with Crippen LogP contribution in [0.4, 0.5) is 0 Å². The number of ether oxygens (including phenoxy) is 1. The standard InChI is InChI=1S/C12H16O4/c1-9(14)8-12(15)10-2-4-11(5-3-10)16-7-6-13/h2-5,9,13-14H,6-8H2,1H3. The van der Waals surface area contributed by atoms with Crippen LogP contribution in [0.15, 0.2) is 24.3 Å². The highest BCUT2D eigenvalue weighted by atomic mass is 16.5. The van der Waals surface area contributed by atoms with Crippen molar-refractivity contribution in [3.8, 4) is 5.75 Å². The third-order valence-electron chi connectivity index (χ3n) is 2.02. The largest absolute Gasteiger partial charge is 0.491 e. The van der Waals surface area contributed by atoms with Gasteiger partial charge in [0.1, 0.15) is 12.4 Å². The van der Waals surface area contributed by atoms with Crippen LogP contribution in [0.1, 0.15) is 23.7 Å². The second-order valence-electron chi connectivity index (χ2n) is 3.57. The zero-order valence-corrected chi connectivity index (χ0v) is 9.22. The van der Waals surface area contributed by atoms with Crippen molar-refractivity contribution in [1.82, 2.24) is 0 Å². The Morgan fingerprint density at radius 2 is 2.00 bits per heavy atom. The maximum Gasteiger partial charge on any atom is 0.165 e. The molecule has 0 heterocycles. The highest BCUT2D eigenvalue weighted by molar-refractivity contribution is 5.96. The Labute approximate surface area is 94.5 Å². The van der Waals surface area contributed by atoms with Gasteiger partial charge in [0.05, 0.1) is 12.7 Å². The number of benzene rings is 1. The van der Waals surface area contributed by atoms with E-state index in [1.165, 1.54) is 0 Å². The van der Waals surface area contributed by atoms with Gasteiger partial charge in [0.15, 0.2) is 5.78 Å². The zero-order valence-electron chi connectivity index (χ0n) is 9.22. The van der Waals surface area contributed by atoms with Crippen molar-refractivity contribution in [3.05, 3.63) is 29.8 Å². The molecule has 0 saturated carbocycles. The minimum Gasteiger partial charge on any atom is -0.491 e. The van der Waals surface area contributed by atoms with Crippen LogP contribution in [-0.2, 0) is 0 Å². The van der Waals surface area contributed by atoms with E-state index < -0.39 is 6.10 Å². The number of carbonyl (C=O) groups excluding carboxylic acids is 1. The van der Waals surface area contributed by atoms with Crippen LogP contribution in [0, 0.1) is 0 Å². The molecular formula is C12H16O4. The number of carbonyl (C=O) groups is 1. The molecule has 0 aromatic heterocycles. The molecule has 0 spiro atoms. The van der Waals surface area contributed by atoms with Gasteiger partial charge in [-0.2, -0.15) is 0 Å². The molecule has 0 bridgehead atoms. The lowest BCUT2D eigenvalue weighted by Gasteiger charge is -2.06. The first-order chi connectivity index (χ1) is 7.63. The number of aliphatic hydroxyl groups is 2. The normalized spacial score (nSPS) is 12.2. The molecule has 0 aliphatic heterocycles. The second-order valence-corrected chi connectivity index (χ2v) is 3.57. The lowest BCUT2D eigenvalue weighted by Crippen LogP contribution is -2.09. The molecule has 0 fully saturated rings. The van der Waals surface area contributed by atoms with Gasteiger partial charge in [0, 0.05) is 12.0 Å². The van der Waals surface area contributed by atoms with Crippen LogP contribution in [0.2, 0.25) is 0 Å². The molecule has 0 aliphatic carbocycles. The number of rotatable bonds is 6. The Morgan fingerprint density at radius 3 is 2.50 bits per heavy atom. The fraction of sp³-hybridized carbons (Fsp3) is 0.417. The van der Waals surface area contributed by atoms with E-state index in [9.17, 15) is 4.79 Å². The summed E-state index contributed by atoms with van der Waals surface area (Å²) in [5.41, 5.74) is 0.553. The molecule has 0 aliphatic rings. The fourth-order valence-electron chi connectivity index (χ4n) is 1.29. The Bertz CT molecular complexity index is 329. The van der Waals surface area contributed by atoms with Gasteiger partial charge in [-0.05, 0) is 31.2 Å². The van der Waals surface area contributed by atoms with Gasteiger partial charge >= 0.3 is 0 Å². The van der Waals surface area contributed by atoms with E-state index in [4.69, 9.17) is 14.9 Å². The summed E-state index contributed by atoms with van der Waals surface area (Å²) in [6.45, 7) is 1.78. The summed E-state index contributed by atoms with van der Waals surface area (Å²) in [6.07, 6.45) is -0.505. The Kier molecular flexibility index (Phi) is 4.95. The number of ketones is 1. The molecule has 88 valence electrons. The molecule has 0 radical (unpaired) electrons. The van der Waals surface area contributed by atoms with Gasteiger partial charge in [-0.25, -0.2) is 0 Å². The molecule has 1 aromatic rings. The molecule has 4 heteroatoms. The minimum absolute atomic E-state index is 0.0390. The quantitative estimate of drug-likeness (QED) is 0.708. The Morgan fingerprint density at radius 1 is 1.38 bits per heavy atom. The van der Waals surface area contributed by atoms with Gasteiger partial charge < -0.3 is 14.9 Å². The zero-order chi connectivity index (χ0) is 12.0. The summed E-state index contributed by atoms with van der Waals surface area (Å²) >= 11 is 0. The summed E-state index contributed by atoms with van der Waals surface area (Å²) in [5, 5.41) is 17.6. The molecule has 0 amide bonds. The fourth-order valence-corrected chi connectivity index (χ4v) is 1.29. The maximum absolute atomic E-state index is 11.5. The first-order valence-corrected chi connectivity index (χ1v) is 5.18. The van der Waals surface area contributed by atoms with E-state index in [0.29, 0.717) is 11.3 Å². The summed E-state index contributed by atoms with van der Waals surface area (Å²) in [7, 11) is 0. The topological polar surface area (TPSA) is 66.8 Å². The van der Waals surface area contributed by atoms with Crippen molar-refractivity contribution >= 4 is 5.78 Å². The number of Topliss-reactive ketones (excluding diaryl/α,β-unsaturated/α-hetero) is 1. The number of hydrogen-bond donors (Lipinski definition) is 2. The summed E-state index contributed by atoms with van der Waals surface area (Å²) < 4.78 is 5.16. The first-order valence-electron chi connectivity index (χ1n) is 5.18. The van der Waals surface area contributed by atoms with Crippen LogP contribution in [-0.4, -0.2) is 35.3 Å². The van der Waals surface area contributed by atoms with Crippen molar-refractivity contribution in [2.45, 2.75) is 19.4 Å². The second kappa shape index (κ2) is 6.25. The van der Waals surface area contributed by atoms with Crippen molar-refractivity contribution in [2.24, 2.45) is 0 Å². The van der Waals surface area contributed by atoms with E-state index in [2.05, 4.69) is 0 Å². The molecule has 4 nitrogen and oxygen atoms in total. The third kappa shape index (κ3) is 4.00. The highest BCUT2D eigenvalue weighted by Gasteiger charge is 2.08. The Hall–Kier alpha value is -1.39. The highest BCUT2D eigenvalue weighted by Crippen LogP contribution is 2.13. The first kappa shape index (κ1) is 12.7. The average molecular weight is 224 g/mol. The van der Waals surface area contributed by atoms with Crippen LogP contribution in [0.25, 0.3) is 0 Å². The molecule has 2 N–H and O–H groups in total. The van der Waals surface area contributed by atoms with Crippen LogP contribution < -0.4 is 4.74 Å². The van der Waals surface area contributed by atoms with Crippen LogP contribution in [0.5, 0.6) is 5.75 Å². The average Bonchev–Trinajstić information content (AvgIpc) is 2.26.